The lowest BCUT2D eigenvalue weighted by Gasteiger charge is -2.19. The lowest BCUT2D eigenvalue weighted by molar-refractivity contribution is -0.118. The average Bonchev–Trinajstić information content (AvgIpc) is 2.25. The van der Waals surface area contributed by atoms with Crippen LogP contribution in [0.3, 0.4) is 0 Å². The maximum atomic E-state index is 11.9. The van der Waals surface area contributed by atoms with Gasteiger partial charge in [0.05, 0.1) is 11.4 Å². The molecule has 0 aromatic heterocycles. The monoisotopic (exact) mass is 278 g/mol. The molecule has 102 valence electrons. The number of fused-ring (bicyclic) bond motifs is 1. The summed E-state index contributed by atoms with van der Waals surface area (Å²) in [6, 6.07) is 5.59. The van der Waals surface area contributed by atoms with E-state index in [1.807, 2.05) is 32.9 Å². The highest BCUT2D eigenvalue weighted by atomic mass is 32.2. The molecule has 5 heteroatoms. The zero-order chi connectivity index (χ0) is 14.0. The Morgan fingerprint density at radius 1 is 1.42 bits per heavy atom. The fraction of sp³-hybridized carbons (Fsp3) is 0.429. The Morgan fingerprint density at radius 2 is 2.16 bits per heavy atom. The van der Waals surface area contributed by atoms with Gasteiger partial charge in [-0.3, -0.25) is 9.59 Å². The Labute approximate surface area is 117 Å². The van der Waals surface area contributed by atoms with Gasteiger partial charge >= 0.3 is 0 Å². The molecule has 19 heavy (non-hydrogen) atoms. The van der Waals surface area contributed by atoms with Crippen LogP contribution in [0.15, 0.2) is 23.1 Å². The Kier molecular flexibility index (Phi) is 3.85. The van der Waals surface area contributed by atoms with Gasteiger partial charge in [-0.1, -0.05) is 20.8 Å². The van der Waals surface area contributed by atoms with Gasteiger partial charge in [-0.05, 0) is 23.6 Å². The first-order chi connectivity index (χ1) is 8.83. The van der Waals surface area contributed by atoms with Crippen molar-refractivity contribution in [3.8, 4) is 0 Å². The van der Waals surface area contributed by atoms with Gasteiger partial charge in [0, 0.05) is 17.0 Å². The number of benzene rings is 1. The van der Waals surface area contributed by atoms with E-state index in [0.717, 1.165) is 16.3 Å². The third-order valence-electron chi connectivity index (χ3n) is 2.59. The summed E-state index contributed by atoms with van der Waals surface area (Å²) in [6.07, 6.45) is 0.463. The van der Waals surface area contributed by atoms with E-state index >= 15 is 0 Å². The van der Waals surface area contributed by atoms with Gasteiger partial charge in [0.25, 0.3) is 0 Å². The molecule has 1 aliphatic heterocycles. The van der Waals surface area contributed by atoms with Gasteiger partial charge in [0.1, 0.15) is 0 Å². The number of amides is 2. The van der Waals surface area contributed by atoms with Crippen LogP contribution in [0.5, 0.6) is 0 Å². The molecule has 2 rings (SSSR count). The third kappa shape index (κ3) is 3.99. The van der Waals surface area contributed by atoms with Crippen molar-refractivity contribution in [1.29, 1.82) is 0 Å². The first-order valence-electron chi connectivity index (χ1n) is 6.20. The standard InChI is InChI=1S/C14H18N2O2S/c1-14(2,3)7-12(17)15-9-4-5-11-10(6-9)16-13(18)8-19-11/h4-6H,7-8H2,1-3H3,(H,15,17)(H,16,18). The topological polar surface area (TPSA) is 58.2 Å². The molecule has 1 aromatic carbocycles. The molecule has 0 atom stereocenters. The summed E-state index contributed by atoms with van der Waals surface area (Å²) in [4.78, 5) is 24.2. The maximum Gasteiger partial charge on any atom is 0.234 e. The van der Waals surface area contributed by atoms with Crippen LogP contribution >= 0.6 is 11.8 Å². The molecule has 0 saturated heterocycles. The first-order valence-corrected chi connectivity index (χ1v) is 7.19. The minimum Gasteiger partial charge on any atom is -0.326 e. The number of carbonyl (C=O) groups is 2. The van der Waals surface area contributed by atoms with E-state index in [0.29, 0.717) is 12.2 Å². The third-order valence-corrected chi connectivity index (χ3v) is 3.66. The lowest BCUT2D eigenvalue weighted by atomic mass is 9.92. The highest BCUT2D eigenvalue weighted by Crippen LogP contribution is 2.33. The smallest absolute Gasteiger partial charge is 0.234 e. The molecule has 1 aromatic rings. The van der Waals surface area contributed by atoms with Crippen LogP contribution in [0.25, 0.3) is 0 Å². The average molecular weight is 278 g/mol. The largest absolute Gasteiger partial charge is 0.326 e. The minimum absolute atomic E-state index is 0.00401. The van der Waals surface area contributed by atoms with Crippen LogP contribution in [0.2, 0.25) is 0 Å². The van der Waals surface area contributed by atoms with Crippen molar-refractivity contribution >= 4 is 35.0 Å². The number of thioether (sulfide) groups is 1. The second-order valence-corrected chi connectivity index (χ2v) is 6.85. The fourth-order valence-electron chi connectivity index (χ4n) is 1.85. The number of anilines is 2. The first kappa shape index (κ1) is 13.9. The van der Waals surface area contributed by atoms with Gasteiger partial charge in [0.15, 0.2) is 0 Å². The summed E-state index contributed by atoms with van der Waals surface area (Å²) in [5.41, 5.74) is 1.45. The predicted octanol–water partition coefficient (Wildman–Crippen LogP) is 3.11. The summed E-state index contributed by atoms with van der Waals surface area (Å²) < 4.78 is 0. The van der Waals surface area contributed by atoms with Crippen molar-refractivity contribution in [3.05, 3.63) is 18.2 Å². The second-order valence-electron chi connectivity index (χ2n) is 5.83. The van der Waals surface area contributed by atoms with Crippen LogP contribution in [-0.4, -0.2) is 17.6 Å². The van der Waals surface area contributed by atoms with Crippen LogP contribution in [0.1, 0.15) is 27.2 Å². The molecule has 0 spiro atoms. The molecule has 0 bridgehead atoms. The molecule has 0 unspecified atom stereocenters. The van der Waals surface area contributed by atoms with E-state index in [9.17, 15) is 9.59 Å². The van der Waals surface area contributed by atoms with Crippen molar-refractivity contribution in [2.45, 2.75) is 32.1 Å². The highest BCUT2D eigenvalue weighted by molar-refractivity contribution is 8.00. The zero-order valence-corrected chi connectivity index (χ0v) is 12.2. The van der Waals surface area contributed by atoms with E-state index in [1.54, 1.807) is 6.07 Å². The van der Waals surface area contributed by atoms with Gasteiger partial charge in [-0.2, -0.15) is 0 Å². The lowest BCUT2D eigenvalue weighted by Crippen LogP contribution is -2.21. The van der Waals surface area contributed by atoms with Crippen molar-refractivity contribution in [2.75, 3.05) is 16.4 Å². The highest BCUT2D eigenvalue weighted by Gasteiger charge is 2.18. The van der Waals surface area contributed by atoms with Gasteiger partial charge in [0.2, 0.25) is 11.8 Å². The Bertz CT molecular complexity index is 521. The zero-order valence-electron chi connectivity index (χ0n) is 11.4. The summed E-state index contributed by atoms with van der Waals surface area (Å²) in [6.45, 7) is 6.07. The summed E-state index contributed by atoms with van der Waals surface area (Å²) in [7, 11) is 0. The van der Waals surface area contributed by atoms with Gasteiger partial charge in [-0.25, -0.2) is 0 Å². The Hall–Kier alpha value is -1.49. The number of rotatable bonds is 2. The quantitative estimate of drug-likeness (QED) is 0.874. The van der Waals surface area contributed by atoms with Crippen LogP contribution in [-0.2, 0) is 9.59 Å². The van der Waals surface area contributed by atoms with E-state index in [-0.39, 0.29) is 17.2 Å². The maximum absolute atomic E-state index is 11.9. The van der Waals surface area contributed by atoms with Crippen LogP contribution in [0, 0.1) is 5.41 Å². The molecule has 0 fully saturated rings. The summed E-state index contributed by atoms with van der Waals surface area (Å²) >= 11 is 1.51. The molecule has 0 radical (unpaired) electrons. The van der Waals surface area contributed by atoms with Gasteiger partial charge in [-0.15, -0.1) is 11.8 Å². The molecule has 0 aliphatic carbocycles. The predicted molar refractivity (Wildman–Crippen MR) is 78.5 cm³/mol. The van der Waals surface area contributed by atoms with E-state index < -0.39 is 0 Å². The van der Waals surface area contributed by atoms with Crippen molar-refractivity contribution in [1.82, 2.24) is 0 Å². The Balaban J connectivity index is 2.08. The molecular weight excluding hydrogens is 260 g/mol. The number of carbonyl (C=O) groups excluding carboxylic acids is 2. The van der Waals surface area contributed by atoms with E-state index in [1.165, 1.54) is 11.8 Å². The van der Waals surface area contributed by atoms with Gasteiger partial charge < -0.3 is 10.6 Å². The second kappa shape index (κ2) is 5.25. The number of hydrogen-bond acceptors (Lipinski definition) is 3. The molecule has 1 heterocycles. The van der Waals surface area contributed by atoms with Crippen molar-refractivity contribution in [3.63, 3.8) is 0 Å². The van der Waals surface area contributed by atoms with Crippen LogP contribution in [0.4, 0.5) is 11.4 Å². The van der Waals surface area contributed by atoms with E-state index in [4.69, 9.17) is 0 Å². The molecule has 0 saturated carbocycles. The molecule has 2 N–H and O–H groups in total. The van der Waals surface area contributed by atoms with Crippen molar-refractivity contribution in [2.24, 2.45) is 5.41 Å². The fourth-order valence-corrected chi connectivity index (χ4v) is 2.64. The number of hydrogen-bond donors (Lipinski definition) is 2. The van der Waals surface area contributed by atoms with E-state index in [2.05, 4.69) is 10.6 Å². The van der Waals surface area contributed by atoms with Crippen molar-refractivity contribution < 1.29 is 9.59 Å². The minimum atomic E-state index is -0.0393. The number of nitrogens with one attached hydrogen (secondary N) is 2. The Morgan fingerprint density at radius 3 is 2.84 bits per heavy atom. The molecular formula is C14H18N2O2S. The normalized spacial score (nSPS) is 14.6. The molecule has 4 nitrogen and oxygen atoms in total. The van der Waals surface area contributed by atoms with Crippen LogP contribution < -0.4 is 10.6 Å². The summed E-state index contributed by atoms with van der Waals surface area (Å²) in [5, 5.41) is 5.67. The molecule has 1 aliphatic rings. The SMILES string of the molecule is CC(C)(C)CC(=O)Nc1ccc2c(c1)NC(=O)CS2. The molecule has 2 amide bonds. The summed E-state index contributed by atoms with van der Waals surface area (Å²) in [5.74, 6) is 0.431.